The lowest BCUT2D eigenvalue weighted by Crippen LogP contribution is -2.53. The third-order valence-corrected chi connectivity index (χ3v) is 4.81. The lowest BCUT2D eigenvalue weighted by atomic mass is 10.2. The summed E-state index contributed by atoms with van der Waals surface area (Å²) < 4.78 is 5.11. The molecule has 7 heteroatoms. The van der Waals surface area contributed by atoms with Gasteiger partial charge >= 0.3 is 5.97 Å². The van der Waals surface area contributed by atoms with Crippen molar-refractivity contribution in [2.24, 2.45) is 0 Å². The zero-order valence-electron chi connectivity index (χ0n) is 10.3. The van der Waals surface area contributed by atoms with Gasteiger partial charge in [0.2, 0.25) is 5.91 Å². The number of amides is 1. The summed E-state index contributed by atoms with van der Waals surface area (Å²) in [5.41, 5.74) is 0. The number of ether oxygens (including phenoxy) is 1. The Morgan fingerprint density at radius 2 is 2.42 bits per heavy atom. The van der Waals surface area contributed by atoms with Crippen molar-refractivity contribution in [1.82, 2.24) is 4.90 Å². The fourth-order valence-electron chi connectivity index (χ4n) is 1.82. The SMILES string of the molecule is O=C(O)C1COCCN1C(=O)CSCc1cccs1. The molecule has 104 valence electrons. The van der Waals surface area contributed by atoms with Crippen LogP contribution in [0.4, 0.5) is 0 Å². The van der Waals surface area contributed by atoms with Crippen molar-refractivity contribution in [1.29, 1.82) is 0 Å². The largest absolute Gasteiger partial charge is 0.480 e. The molecule has 1 fully saturated rings. The van der Waals surface area contributed by atoms with Gasteiger partial charge in [0.1, 0.15) is 0 Å². The molecule has 0 aromatic carbocycles. The lowest BCUT2D eigenvalue weighted by molar-refractivity contribution is -0.157. The van der Waals surface area contributed by atoms with Gasteiger partial charge in [0.25, 0.3) is 0 Å². The first-order chi connectivity index (χ1) is 9.18. The highest BCUT2D eigenvalue weighted by molar-refractivity contribution is 7.99. The van der Waals surface area contributed by atoms with Gasteiger partial charge in [-0.1, -0.05) is 6.07 Å². The van der Waals surface area contributed by atoms with Crippen molar-refractivity contribution in [3.63, 3.8) is 0 Å². The summed E-state index contributed by atoms with van der Waals surface area (Å²) in [4.78, 5) is 25.7. The number of morpholine rings is 1. The van der Waals surface area contributed by atoms with E-state index < -0.39 is 12.0 Å². The molecule has 1 amide bonds. The smallest absolute Gasteiger partial charge is 0.328 e. The maximum atomic E-state index is 12.0. The molecule has 1 saturated heterocycles. The Kier molecular flexibility index (Phi) is 5.24. The molecule has 1 N–H and O–H groups in total. The van der Waals surface area contributed by atoms with E-state index in [0.717, 1.165) is 5.75 Å². The fraction of sp³-hybridized carbons (Fsp3) is 0.500. The van der Waals surface area contributed by atoms with E-state index in [1.807, 2.05) is 17.5 Å². The third kappa shape index (κ3) is 3.95. The monoisotopic (exact) mass is 301 g/mol. The summed E-state index contributed by atoms with van der Waals surface area (Å²) >= 11 is 3.17. The van der Waals surface area contributed by atoms with Gasteiger partial charge in [0, 0.05) is 17.2 Å². The van der Waals surface area contributed by atoms with Crippen LogP contribution in [0.5, 0.6) is 0 Å². The highest BCUT2D eigenvalue weighted by Gasteiger charge is 2.32. The Bertz CT molecular complexity index is 435. The van der Waals surface area contributed by atoms with Gasteiger partial charge in [-0.05, 0) is 11.4 Å². The lowest BCUT2D eigenvalue weighted by Gasteiger charge is -2.32. The quantitative estimate of drug-likeness (QED) is 0.888. The topological polar surface area (TPSA) is 66.8 Å². The Morgan fingerprint density at radius 1 is 1.58 bits per heavy atom. The Hall–Kier alpha value is -1.05. The standard InChI is InChI=1S/C12H15NO4S2/c14-11(8-18-7-9-2-1-5-19-9)13-3-4-17-6-10(13)12(15)16/h1-2,5,10H,3-4,6-8H2,(H,15,16). The molecule has 1 atom stereocenters. The van der Waals surface area contributed by atoms with Crippen LogP contribution in [0.15, 0.2) is 17.5 Å². The van der Waals surface area contributed by atoms with Crippen molar-refractivity contribution in [2.75, 3.05) is 25.5 Å². The highest BCUT2D eigenvalue weighted by Crippen LogP contribution is 2.18. The average molecular weight is 301 g/mol. The average Bonchev–Trinajstić information content (AvgIpc) is 2.91. The molecule has 0 radical (unpaired) electrons. The third-order valence-electron chi connectivity index (χ3n) is 2.78. The second-order valence-electron chi connectivity index (χ2n) is 4.09. The zero-order valence-corrected chi connectivity index (χ0v) is 11.9. The van der Waals surface area contributed by atoms with Gasteiger partial charge in [-0.15, -0.1) is 23.1 Å². The number of rotatable bonds is 5. The maximum absolute atomic E-state index is 12.0. The summed E-state index contributed by atoms with van der Waals surface area (Å²) in [5, 5.41) is 11.1. The van der Waals surface area contributed by atoms with Gasteiger partial charge < -0.3 is 14.7 Å². The minimum absolute atomic E-state index is 0.0800. The molecule has 1 aromatic heterocycles. The van der Waals surface area contributed by atoms with Crippen molar-refractivity contribution < 1.29 is 19.4 Å². The molecule has 1 aromatic rings. The number of hydrogen-bond donors (Lipinski definition) is 1. The molecule has 19 heavy (non-hydrogen) atoms. The van der Waals surface area contributed by atoms with Gasteiger partial charge in [-0.2, -0.15) is 0 Å². The molecule has 0 saturated carbocycles. The normalized spacial score (nSPS) is 19.4. The number of hydrogen-bond acceptors (Lipinski definition) is 5. The van der Waals surface area contributed by atoms with Gasteiger partial charge in [-0.3, -0.25) is 4.79 Å². The van der Waals surface area contributed by atoms with Crippen LogP contribution < -0.4 is 0 Å². The van der Waals surface area contributed by atoms with Gasteiger partial charge in [-0.25, -0.2) is 4.79 Å². The van der Waals surface area contributed by atoms with Gasteiger partial charge in [0.05, 0.1) is 19.0 Å². The van der Waals surface area contributed by atoms with Gasteiger partial charge in [0.15, 0.2) is 6.04 Å². The number of carbonyl (C=O) groups excluding carboxylic acids is 1. The predicted molar refractivity (Wildman–Crippen MR) is 74.4 cm³/mol. The highest BCUT2D eigenvalue weighted by atomic mass is 32.2. The number of carbonyl (C=O) groups is 2. The summed E-state index contributed by atoms with van der Waals surface area (Å²) in [6.45, 7) is 0.844. The molecular formula is C12H15NO4S2. The molecule has 2 rings (SSSR count). The fourth-order valence-corrected chi connectivity index (χ4v) is 3.57. The van der Waals surface area contributed by atoms with E-state index in [9.17, 15) is 9.59 Å². The summed E-state index contributed by atoms with van der Waals surface area (Å²) in [7, 11) is 0. The predicted octanol–water partition coefficient (Wildman–Crippen LogP) is 1.29. The summed E-state index contributed by atoms with van der Waals surface area (Å²) in [6, 6.07) is 3.16. The number of nitrogens with zero attached hydrogens (tertiary/aromatic N) is 1. The van der Waals surface area contributed by atoms with Crippen LogP contribution in [0.2, 0.25) is 0 Å². The van der Waals surface area contributed by atoms with Crippen LogP contribution in [0, 0.1) is 0 Å². The number of aliphatic carboxylic acids is 1. The van der Waals surface area contributed by atoms with E-state index in [1.54, 1.807) is 11.3 Å². The number of carboxylic acids is 1. The number of thioether (sulfide) groups is 1. The molecular weight excluding hydrogens is 286 g/mol. The first-order valence-corrected chi connectivity index (χ1v) is 7.92. The minimum Gasteiger partial charge on any atom is -0.480 e. The van der Waals surface area contributed by atoms with E-state index in [2.05, 4.69) is 0 Å². The molecule has 0 bridgehead atoms. The second kappa shape index (κ2) is 6.93. The molecule has 5 nitrogen and oxygen atoms in total. The van der Waals surface area contributed by atoms with Crippen LogP contribution in [-0.4, -0.2) is 53.4 Å². The van der Waals surface area contributed by atoms with Crippen molar-refractivity contribution in [2.45, 2.75) is 11.8 Å². The molecule has 2 heterocycles. The van der Waals surface area contributed by atoms with E-state index in [1.165, 1.54) is 21.5 Å². The molecule has 0 spiro atoms. The Morgan fingerprint density at radius 3 is 3.11 bits per heavy atom. The number of carboxylic acid groups (broad SMARTS) is 1. The first kappa shape index (κ1) is 14.4. The Balaban J connectivity index is 1.82. The van der Waals surface area contributed by atoms with E-state index >= 15 is 0 Å². The molecule has 1 unspecified atom stereocenters. The zero-order chi connectivity index (χ0) is 13.7. The number of thiophene rings is 1. The van der Waals surface area contributed by atoms with Crippen LogP contribution in [0.1, 0.15) is 4.88 Å². The molecule has 1 aliphatic heterocycles. The van der Waals surface area contributed by atoms with Crippen molar-refractivity contribution >= 4 is 35.0 Å². The van der Waals surface area contributed by atoms with Crippen LogP contribution >= 0.6 is 23.1 Å². The summed E-state index contributed by atoms with van der Waals surface area (Å²) in [5.74, 6) is -0.0405. The second-order valence-corrected chi connectivity index (χ2v) is 6.11. The van der Waals surface area contributed by atoms with Crippen molar-refractivity contribution in [3.05, 3.63) is 22.4 Å². The minimum atomic E-state index is -1.00. The molecule has 1 aliphatic rings. The van der Waals surface area contributed by atoms with Crippen LogP contribution in [-0.2, 0) is 20.1 Å². The Labute approximate surface area is 119 Å². The first-order valence-electron chi connectivity index (χ1n) is 5.88. The maximum Gasteiger partial charge on any atom is 0.328 e. The van der Waals surface area contributed by atoms with Crippen molar-refractivity contribution in [3.8, 4) is 0 Å². The summed E-state index contributed by atoms with van der Waals surface area (Å²) in [6.07, 6.45) is 0. The van der Waals surface area contributed by atoms with E-state index in [-0.39, 0.29) is 12.5 Å². The van der Waals surface area contributed by atoms with E-state index in [4.69, 9.17) is 9.84 Å². The van der Waals surface area contributed by atoms with Crippen LogP contribution in [0.25, 0.3) is 0 Å². The molecule has 0 aliphatic carbocycles. The van der Waals surface area contributed by atoms with Crippen LogP contribution in [0.3, 0.4) is 0 Å². The van der Waals surface area contributed by atoms with E-state index in [0.29, 0.717) is 18.9 Å².